The molecule has 0 aromatic carbocycles. The Morgan fingerprint density at radius 1 is 1.63 bits per heavy atom. The third kappa shape index (κ3) is 3.55. The van der Waals surface area contributed by atoms with E-state index in [9.17, 15) is 4.79 Å². The summed E-state index contributed by atoms with van der Waals surface area (Å²) in [6.07, 6.45) is 4.70. The number of likely N-dealkylation sites (tertiary alicyclic amines) is 1. The first-order valence-electron chi connectivity index (χ1n) is 6.10. The molecule has 5 nitrogen and oxygen atoms in total. The molecule has 0 bridgehead atoms. The Hall–Kier alpha value is -0.910. The van der Waals surface area contributed by atoms with Gasteiger partial charge in [-0.15, -0.1) is 12.4 Å². The summed E-state index contributed by atoms with van der Waals surface area (Å²) in [5, 5.41) is 0.289. The molecule has 0 aliphatic carbocycles. The Kier molecular flexibility index (Phi) is 5.97. The van der Waals surface area contributed by atoms with E-state index in [1.54, 1.807) is 4.90 Å². The number of hydrogen-bond acceptors (Lipinski definition) is 4. The van der Waals surface area contributed by atoms with Gasteiger partial charge in [-0.05, 0) is 18.8 Å². The van der Waals surface area contributed by atoms with Crippen molar-refractivity contribution in [3.63, 3.8) is 0 Å². The summed E-state index contributed by atoms with van der Waals surface area (Å²) in [6, 6.07) is 0.0762. The maximum Gasteiger partial charge on any atom is 0.274 e. The van der Waals surface area contributed by atoms with Gasteiger partial charge >= 0.3 is 0 Å². The predicted octanol–water partition coefficient (Wildman–Crippen LogP) is 1.75. The van der Waals surface area contributed by atoms with Crippen LogP contribution in [0, 0.1) is 5.92 Å². The lowest BCUT2D eigenvalue weighted by Gasteiger charge is -2.37. The van der Waals surface area contributed by atoms with Gasteiger partial charge < -0.3 is 10.6 Å². The second-order valence-corrected chi connectivity index (χ2v) is 5.14. The van der Waals surface area contributed by atoms with E-state index in [1.807, 2.05) is 0 Å². The van der Waals surface area contributed by atoms with Crippen molar-refractivity contribution in [3.8, 4) is 0 Å². The molecule has 1 aromatic rings. The molecule has 0 spiro atoms. The van der Waals surface area contributed by atoms with E-state index in [4.69, 9.17) is 17.3 Å². The van der Waals surface area contributed by atoms with Crippen molar-refractivity contribution in [2.75, 3.05) is 13.1 Å². The Morgan fingerprint density at radius 3 is 3.00 bits per heavy atom. The predicted molar refractivity (Wildman–Crippen MR) is 76.6 cm³/mol. The highest BCUT2D eigenvalue weighted by molar-refractivity contribution is 6.33. The fraction of sp³-hybridized carbons (Fsp3) is 0.583. The van der Waals surface area contributed by atoms with E-state index in [1.165, 1.54) is 12.5 Å². The normalized spacial score (nSPS) is 22.8. The number of carbonyl (C=O) groups excluding carboxylic acids is 1. The van der Waals surface area contributed by atoms with Crippen LogP contribution >= 0.6 is 24.0 Å². The minimum absolute atomic E-state index is 0. The molecule has 2 heterocycles. The second-order valence-electron chi connectivity index (χ2n) is 4.74. The molecule has 2 rings (SSSR count). The average molecular weight is 305 g/mol. The molecule has 19 heavy (non-hydrogen) atoms. The van der Waals surface area contributed by atoms with Gasteiger partial charge in [-0.1, -0.05) is 18.5 Å². The molecule has 0 saturated carbocycles. The first-order chi connectivity index (χ1) is 8.63. The third-order valence-corrected chi connectivity index (χ3v) is 3.66. The number of hydrogen-bond donors (Lipinski definition) is 1. The fourth-order valence-corrected chi connectivity index (χ4v) is 2.53. The van der Waals surface area contributed by atoms with E-state index in [0.29, 0.717) is 19.0 Å². The number of aromatic nitrogens is 2. The molecule has 2 N–H and O–H groups in total. The van der Waals surface area contributed by atoms with E-state index < -0.39 is 0 Å². The number of piperidine rings is 1. The molecule has 1 aromatic heterocycles. The summed E-state index contributed by atoms with van der Waals surface area (Å²) in [4.78, 5) is 21.9. The van der Waals surface area contributed by atoms with Crippen molar-refractivity contribution in [2.45, 2.75) is 25.8 Å². The van der Waals surface area contributed by atoms with Crippen LogP contribution in [0.4, 0.5) is 0 Å². The van der Waals surface area contributed by atoms with Gasteiger partial charge in [0.25, 0.3) is 5.91 Å². The number of halogens is 2. The van der Waals surface area contributed by atoms with Gasteiger partial charge in [0, 0.05) is 25.3 Å². The first-order valence-corrected chi connectivity index (χ1v) is 6.47. The highest BCUT2D eigenvalue weighted by Gasteiger charge is 2.31. The van der Waals surface area contributed by atoms with Crippen LogP contribution in [0.1, 0.15) is 30.3 Å². The lowest BCUT2D eigenvalue weighted by molar-refractivity contribution is 0.0567. The van der Waals surface area contributed by atoms with Crippen molar-refractivity contribution in [2.24, 2.45) is 11.7 Å². The zero-order valence-corrected chi connectivity index (χ0v) is 12.3. The number of nitrogens with zero attached hydrogens (tertiary/aromatic N) is 3. The van der Waals surface area contributed by atoms with Crippen molar-refractivity contribution < 1.29 is 4.79 Å². The van der Waals surface area contributed by atoms with Gasteiger partial charge in [0.05, 0.1) is 5.02 Å². The zero-order chi connectivity index (χ0) is 13.1. The maximum atomic E-state index is 12.4. The van der Waals surface area contributed by atoms with Crippen LogP contribution in [0.2, 0.25) is 5.02 Å². The lowest BCUT2D eigenvalue weighted by atomic mass is 9.92. The van der Waals surface area contributed by atoms with Crippen LogP contribution in [0.15, 0.2) is 12.5 Å². The molecule has 1 fully saturated rings. The topological polar surface area (TPSA) is 72.1 Å². The van der Waals surface area contributed by atoms with E-state index >= 15 is 0 Å². The molecule has 0 radical (unpaired) electrons. The largest absolute Gasteiger partial charge is 0.333 e. The molecule has 1 aliphatic heterocycles. The van der Waals surface area contributed by atoms with Crippen LogP contribution in [0.5, 0.6) is 0 Å². The van der Waals surface area contributed by atoms with E-state index in [2.05, 4.69) is 16.9 Å². The fourth-order valence-electron chi connectivity index (χ4n) is 2.35. The molecule has 1 aliphatic rings. The molecular weight excluding hydrogens is 287 g/mol. The van der Waals surface area contributed by atoms with Gasteiger partial charge in [0.2, 0.25) is 0 Å². The van der Waals surface area contributed by atoms with Gasteiger partial charge in [-0.25, -0.2) is 9.97 Å². The highest BCUT2D eigenvalue weighted by atomic mass is 35.5. The summed E-state index contributed by atoms with van der Waals surface area (Å²) in [6.45, 7) is 3.36. The van der Waals surface area contributed by atoms with E-state index in [-0.39, 0.29) is 35.1 Å². The Bertz CT molecular complexity index is 443. The molecule has 2 unspecified atom stereocenters. The van der Waals surface area contributed by atoms with Crippen molar-refractivity contribution in [1.82, 2.24) is 14.9 Å². The quantitative estimate of drug-likeness (QED) is 0.903. The Morgan fingerprint density at radius 2 is 2.37 bits per heavy atom. The van der Waals surface area contributed by atoms with Gasteiger partial charge in [-0.3, -0.25) is 4.79 Å². The summed E-state index contributed by atoms with van der Waals surface area (Å²) in [5.41, 5.74) is 6.01. The Balaban J connectivity index is 0.00000180. The molecule has 1 saturated heterocycles. The summed E-state index contributed by atoms with van der Waals surface area (Å²) >= 11 is 5.95. The minimum atomic E-state index is -0.148. The van der Waals surface area contributed by atoms with Gasteiger partial charge in [0.1, 0.15) is 12.0 Å². The van der Waals surface area contributed by atoms with Crippen LogP contribution in [-0.2, 0) is 0 Å². The molecule has 1 amide bonds. The lowest BCUT2D eigenvalue weighted by Crippen LogP contribution is -2.49. The third-order valence-electron chi connectivity index (χ3n) is 3.38. The standard InChI is InChI=1S/C12H17ClN4O.ClH/c1-8-2-3-17(9(4-8)5-14)12(18)11-10(13)6-15-7-16-11;/h6-9H,2-5,14H2,1H3;1H. The average Bonchev–Trinajstić information content (AvgIpc) is 2.38. The number of amides is 1. The maximum absolute atomic E-state index is 12.4. The van der Waals surface area contributed by atoms with Crippen LogP contribution in [-0.4, -0.2) is 39.9 Å². The van der Waals surface area contributed by atoms with Crippen LogP contribution in [0.3, 0.4) is 0 Å². The van der Waals surface area contributed by atoms with Crippen molar-refractivity contribution in [1.29, 1.82) is 0 Å². The number of carbonyl (C=O) groups is 1. The van der Waals surface area contributed by atoms with E-state index in [0.717, 1.165) is 12.8 Å². The monoisotopic (exact) mass is 304 g/mol. The van der Waals surface area contributed by atoms with Crippen molar-refractivity contribution in [3.05, 3.63) is 23.2 Å². The van der Waals surface area contributed by atoms with Gasteiger partial charge in [-0.2, -0.15) is 0 Å². The first kappa shape index (κ1) is 16.1. The van der Waals surface area contributed by atoms with Crippen LogP contribution < -0.4 is 5.73 Å². The minimum Gasteiger partial charge on any atom is -0.333 e. The SMILES string of the molecule is CC1CCN(C(=O)c2ncncc2Cl)C(CN)C1.Cl. The number of rotatable bonds is 2. The Labute approximate surface area is 124 Å². The smallest absolute Gasteiger partial charge is 0.274 e. The van der Waals surface area contributed by atoms with Crippen LogP contribution in [0.25, 0.3) is 0 Å². The summed E-state index contributed by atoms with van der Waals surface area (Å²) < 4.78 is 0. The highest BCUT2D eigenvalue weighted by Crippen LogP contribution is 2.24. The number of nitrogens with two attached hydrogens (primary N) is 1. The molecule has 106 valence electrons. The molecule has 2 atom stereocenters. The van der Waals surface area contributed by atoms with Crippen molar-refractivity contribution >= 4 is 29.9 Å². The second kappa shape index (κ2) is 7.03. The van der Waals surface area contributed by atoms with Gasteiger partial charge in [0.15, 0.2) is 0 Å². The molecular formula is C12H18Cl2N4O. The summed E-state index contributed by atoms with van der Waals surface area (Å²) in [7, 11) is 0. The summed E-state index contributed by atoms with van der Waals surface area (Å²) in [5.74, 6) is 0.452. The molecule has 7 heteroatoms. The zero-order valence-electron chi connectivity index (χ0n) is 10.8.